The minimum Gasteiger partial charge on any atom is -0.480 e. The number of aliphatic imine (C=N–C) groups is 1. The number of carboxylic acids is 3. The number of carboxylic acid groups (broad SMARTS) is 3. The maximum absolute atomic E-state index is 12.0. The average molecular weight is 664 g/mol. The number of hydrogen-bond donors (Lipinski definition) is 8. The summed E-state index contributed by atoms with van der Waals surface area (Å²) in [7, 11) is 0. The Morgan fingerprint density at radius 2 is 1.84 bits per heavy atom. The number of β-lactam (4-membered cyclic amide) rings is 1. The Labute approximate surface area is 288 Å². The SMILES string of the molecule is CC1(C)C[C@@H]1C(=O)N/C(=C\CCCCSC[C@@H](N)C(=O)O)C(=O)O.C[C@@H](O)[C@H]1C(=O)N2C(C(=O)O)=C(NCCN=CN)C[C@H]12.[Na]. The van der Waals surface area contributed by atoms with Gasteiger partial charge in [0.05, 0.1) is 30.9 Å². The molecule has 0 aromatic carbocycles. The number of aliphatic hydroxyl groups excluding tert-OH is 1. The Hall–Kier alpha value is -2.63. The van der Waals surface area contributed by atoms with Gasteiger partial charge in [0.2, 0.25) is 11.8 Å². The Kier molecular flexibility index (Phi) is 16.6. The molecule has 0 bridgehead atoms. The molecule has 2 fully saturated rings. The predicted octanol–water partition coefficient (Wildman–Crippen LogP) is -0.477. The van der Waals surface area contributed by atoms with Gasteiger partial charge in [0, 0.05) is 59.9 Å². The van der Waals surface area contributed by atoms with Gasteiger partial charge in [-0.15, -0.1) is 0 Å². The van der Waals surface area contributed by atoms with Crippen molar-refractivity contribution in [2.45, 2.75) is 71.1 Å². The number of aliphatic carboxylic acids is 3. The molecule has 2 heterocycles. The molecule has 0 aromatic rings. The van der Waals surface area contributed by atoms with Crippen LogP contribution in [-0.2, 0) is 24.0 Å². The Balaban J connectivity index is 0.000000446. The van der Waals surface area contributed by atoms with Crippen LogP contribution in [0, 0.1) is 17.3 Å². The van der Waals surface area contributed by atoms with Gasteiger partial charge in [0.1, 0.15) is 17.4 Å². The number of carbonyl (C=O) groups is 5. The van der Waals surface area contributed by atoms with Gasteiger partial charge in [-0.25, -0.2) is 9.59 Å². The third-order valence-electron chi connectivity index (χ3n) is 7.64. The number of unbranched alkanes of at least 4 members (excludes halogenated alkanes) is 2. The zero-order valence-corrected chi connectivity index (χ0v) is 29.0. The van der Waals surface area contributed by atoms with E-state index in [1.54, 1.807) is 6.92 Å². The van der Waals surface area contributed by atoms with E-state index in [1.165, 1.54) is 29.1 Å². The number of nitrogens with one attached hydrogen (secondary N) is 2. The number of nitrogens with two attached hydrogens (primary N) is 2. The molecule has 1 saturated carbocycles. The van der Waals surface area contributed by atoms with Gasteiger partial charge < -0.3 is 42.5 Å². The molecule has 17 heteroatoms. The van der Waals surface area contributed by atoms with E-state index < -0.39 is 36.0 Å². The van der Waals surface area contributed by atoms with Crippen molar-refractivity contribution in [2.75, 3.05) is 24.6 Å². The number of thioether (sulfide) groups is 1. The standard InChI is InChI=1S/C16H26N2O5S.C12H18N4O4.Na/c1-16(2)8-10(16)13(19)18-12(15(22)23)6-4-3-5-7-24-9-11(17)14(20)21;1-6(17)9-8-4-7(15-3-2-14-5-13)10(12(19)20)16(8)11(9)18;/h6,10-11H,3-5,7-9,17H2,1-2H3,(H,18,19)(H,20,21)(H,22,23);5-6,8-9,15,17H,2-4H2,1H3,(H2,13,14)(H,19,20);/b12-6-;;/t10-,11-;6-,8-,9-;/m11./s1. The molecular formula is C28H44N6NaO9S. The Morgan fingerprint density at radius 1 is 1.20 bits per heavy atom. The summed E-state index contributed by atoms with van der Waals surface area (Å²) in [5.41, 5.74) is 10.9. The van der Waals surface area contributed by atoms with Crippen molar-refractivity contribution in [3.8, 4) is 0 Å². The largest absolute Gasteiger partial charge is 0.480 e. The summed E-state index contributed by atoms with van der Waals surface area (Å²) in [5.74, 6) is -3.37. The monoisotopic (exact) mass is 663 g/mol. The average Bonchev–Trinajstić information content (AvgIpc) is 3.46. The molecule has 247 valence electrons. The van der Waals surface area contributed by atoms with E-state index in [0.717, 1.165) is 25.0 Å². The zero-order valence-electron chi connectivity index (χ0n) is 26.2. The van der Waals surface area contributed by atoms with Gasteiger partial charge in [-0.2, -0.15) is 11.8 Å². The smallest absolute Gasteiger partial charge is 0.354 e. The van der Waals surface area contributed by atoms with Gasteiger partial charge in [-0.3, -0.25) is 24.3 Å². The van der Waals surface area contributed by atoms with Gasteiger partial charge >= 0.3 is 17.9 Å². The van der Waals surface area contributed by atoms with E-state index in [-0.39, 0.29) is 70.1 Å². The van der Waals surface area contributed by atoms with Crippen LogP contribution in [0.15, 0.2) is 28.2 Å². The molecule has 0 spiro atoms. The number of amides is 2. The maximum atomic E-state index is 12.0. The fraction of sp³-hybridized carbons (Fsp3) is 0.643. The topological polar surface area (TPSA) is 258 Å². The molecule has 1 radical (unpaired) electrons. The van der Waals surface area contributed by atoms with Crippen molar-refractivity contribution in [1.82, 2.24) is 15.5 Å². The normalized spacial score (nSPS) is 22.7. The number of hydrogen-bond acceptors (Lipinski definition) is 10. The fourth-order valence-electron chi connectivity index (χ4n) is 4.98. The molecule has 1 saturated heterocycles. The van der Waals surface area contributed by atoms with Gasteiger partial charge in [0.15, 0.2) is 0 Å². The second-order valence-electron chi connectivity index (χ2n) is 11.5. The summed E-state index contributed by atoms with van der Waals surface area (Å²) in [5, 5.41) is 42.1. The predicted molar refractivity (Wildman–Crippen MR) is 169 cm³/mol. The summed E-state index contributed by atoms with van der Waals surface area (Å²) in [6.07, 6.45) is 5.26. The molecule has 2 amide bonds. The molecule has 0 aromatic heterocycles. The first-order chi connectivity index (χ1) is 20.6. The van der Waals surface area contributed by atoms with E-state index in [9.17, 15) is 34.2 Å². The van der Waals surface area contributed by atoms with E-state index in [1.807, 2.05) is 13.8 Å². The second-order valence-corrected chi connectivity index (χ2v) is 12.7. The van der Waals surface area contributed by atoms with Crippen molar-refractivity contribution < 1.29 is 44.4 Å². The van der Waals surface area contributed by atoms with Crippen molar-refractivity contribution in [3.05, 3.63) is 23.2 Å². The summed E-state index contributed by atoms with van der Waals surface area (Å²) >= 11 is 1.46. The van der Waals surface area contributed by atoms with Crippen LogP contribution >= 0.6 is 11.8 Å². The summed E-state index contributed by atoms with van der Waals surface area (Å²) < 4.78 is 0. The number of allylic oxidation sites excluding steroid dienone is 1. The first-order valence-electron chi connectivity index (χ1n) is 14.4. The molecule has 15 nitrogen and oxygen atoms in total. The van der Waals surface area contributed by atoms with Gasteiger partial charge in [0.25, 0.3) is 0 Å². The molecule has 1 aliphatic carbocycles. The first kappa shape index (κ1) is 40.4. The first-order valence-corrected chi connectivity index (χ1v) is 15.5. The Morgan fingerprint density at radius 3 is 2.36 bits per heavy atom. The molecule has 0 unspecified atom stereocenters. The molecule has 3 rings (SSSR count). The van der Waals surface area contributed by atoms with E-state index in [0.29, 0.717) is 37.4 Å². The van der Waals surface area contributed by atoms with E-state index >= 15 is 0 Å². The van der Waals surface area contributed by atoms with Crippen LogP contribution in [0.2, 0.25) is 0 Å². The molecular weight excluding hydrogens is 619 g/mol. The van der Waals surface area contributed by atoms with Crippen LogP contribution in [0.1, 0.15) is 52.9 Å². The molecule has 2 aliphatic heterocycles. The van der Waals surface area contributed by atoms with Crippen molar-refractivity contribution >= 4 is 77.4 Å². The molecule has 10 N–H and O–H groups in total. The van der Waals surface area contributed by atoms with E-state index in [2.05, 4.69) is 15.6 Å². The number of aliphatic hydroxyl groups is 1. The molecule has 45 heavy (non-hydrogen) atoms. The van der Waals surface area contributed by atoms with Crippen LogP contribution in [0.5, 0.6) is 0 Å². The van der Waals surface area contributed by atoms with Crippen molar-refractivity contribution in [1.29, 1.82) is 0 Å². The number of nitrogens with zero attached hydrogens (tertiary/aromatic N) is 2. The van der Waals surface area contributed by atoms with Crippen LogP contribution in [0.25, 0.3) is 0 Å². The number of rotatable bonds is 17. The van der Waals surface area contributed by atoms with Crippen LogP contribution in [0.3, 0.4) is 0 Å². The summed E-state index contributed by atoms with van der Waals surface area (Å²) in [6.45, 7) is 6.37. The van der Waals surface area contributed by atoms with E-state index in [4.69, 9.17) is 21.7 Å². The maximum Gasteiger partial charge on any atom is 0.354 e. The zero-order chi connectivity index (χ0) is 33.2. The van der Waals surface area contributed by atoms with Crippen molar-refractivity contribution in [2.24, 2.45) is 33.7 Å². The number of fused-ring (bicyclic) bond motifs is 1. The van der Waals surface area contributed by atoms with Crippen molar-refractivity contribution in [3.63, 3.8) is 0 Å². The minimum absolute atomic E-state index is 0. The van der Waals surface area contributed by atoms with Gasteiger partial charge in [-0.1, -0.05) is 19.9 Å². The third-order valence-corrected chi connectivity index (χ3v) is 8.81. The second kappa shape index (κ2) is 18.5. The van der Waals surface area contributed by atoms with Gasteiger partial charge in [-0.05, 0) is 43.8 Å². The van der Waals surface area contributed by atoms with Crippen LogP contribution in [0.4, 0.5) is 0 Å². The molecule has 5 atom stereocenters. The quantitative estimate of drug-likeness (QED) is 0.0245. The fourth-order valence-corrected chi connectivity index (χ4v) is 5.95. The molecule has 3 aliphatic rings. The summed E-state index contributed by atoms with van der Waals surface area (Å²) in [4.78, 5) is 62.0. The van der Waals surface area contributed by atoms with Crippen LogP contribution in [-0.4, -0.2) is 134 Å². The number of carbonyl (C=O) groups excluding carboxylic acids is 2. The summed E-state index contributed by atoms with van der Waals surface area (Å²) in [6, 6.07) is -1.12. The van der Waals surface area contributed by atoms with Crippen LogP contribution < -0.4 is 22.1 Å². The Bertz CT molecular complexity index is 1190. The third kappa shape index (κ3) is 11.6. The minimum atomic E-state index is -1.14.